The van der Waals surface area contributed by atoms with Gasteiger partial charge in [-0.3, -0.25) is 0 Å². The van der Waals surface area contributed by atoms with Gasteiger partial charge < -0.3 is 15.5 Å². The van der Waals surface area contributed by atoms with Crippen LogP contribution in [-0.2, 0) is 0 Å². The van der Waals surface area contributed by atoms with Gasteiger partial charge in [0.1, 0.15) is 29.9 Å². The average Bonchev–Trinajstić information content (AvgIpc) is 3.08. The molecular formula is C17H21N7. The maximum Gasteiger partial charge on any atom is 0.134 e. The first-order valence-electron chi connectivity index (χ1n) is 8.09. The number of hydrogen-bond donors (Lipinski definition) is 2. The lowest BCUT2D eigenvalue weighted by Crippen LogP contribution is -2.35. The van der Waals surface area contributed by atoms with Gasteiger partial charge in [0.25, 0.3) is 0 Å². The highest BCUT2D eigenvalue weighted by Crippen LogP contribution is 2.25. The Morgan fingerprint density at radius 3 is 2.96 bits per heavy atom. The van der Waals surface area contributed by atoms with Gasteiger partial charge in [-0.1, -0.05) is 0 Å². The molecule has 3 heterocycles. The molecule has 0 aliphatic carbocycles. The summed E-state index contributed by atoms with van der Waals surface area (Å²) in [5.74, 6) is 2.57. The fourth-order valence-corrected chi connectivity index (χ4v) is 2.99. The first-order valence-corrected chi connectivity index (χ1v) is 8.09. The number of nitriles is 1. The molecule has 24 heavy (non-hydrogen) atoms. The van der Waals surface area contributed by atoms with E-state index in [0.29, 0.717) is 11.6 Å². The van der Waals surface area contributed by atoms with Crippen LogP contribution in [0.4, 0.5) is 17.5 Å². The zero-order chi connectivity index (χ0) is 16.9. The number of aryl methyl sites for hydroxylation is 1. The van der Waals surface area contributed by atoms with Gasteiger partial charge in [-0.25, -0.2) is 15.0 Å². The van der Waals surface area contributed by atoms with Crippen LogP contribution in [0.25, 0.3) is 0 Å². The van der Waals surface area contributed by atoms with E-state index in [-0.39, 0.29) is 0 Å². The molecule has 1 unspecified atom stereocenters. The molecule has 7 heteroatoms. The third kappa shape index (κ3) is 3.38. The molecule has 0 aromatic carbocycles. The summed E-state index contributed by atoms with van der Waals surface area (Å²) in [6, 6.07) is 8.14. The van der Waals surface area contributed by atoms with E-state index in [1.165, 1.54) is 0 Å². The van der Waals surface area contributed by atoms with Crippen molar-refractivity contribution in [2.75, 3.05) is 35.7 Å². The van der Waals surface area contributed by atoms with Crippen LogP contribution in [-0.4, -0.2) is 41.1 Å². The van der Waals surface area contributed by atoms with E-state index in [4.69, 9.17) is 5.26 Å². The number of nitrogens with one attached hydrogen (secondary N) is 2. The lowest BCUT2D eigenvalue weighted by Gasteiger charge is -2.26. The van der Waals surface area contributed by atoms with Gasteiger partial charge in [-0.15, -0.1) is 0 Å². The van der Waals surface area contributed by atoms with Gasteiger partial charge >= 0.3 is 0 Å². The molecule has 1 fully saturated rings. The Morgan fingerprint density at radius 1 is 1.33 bits per heavy atom. The van der Waals surface area contributed by atoms with Crippen molar-refractivity contribution < 1.29 is 0 Å². The monoisotopic (exact) mass is 323 g/mol. The predicted molar refractivity (Wildman–Crippen MR) is 94.1 cm³/mol. The topological polar surface area (TPSA) is 89.8 Å². The Labute approximate surface area is 141 Å². The molecule has 1 aliphatic rings. The van der Waals surface area contributed by atoms with Crippen LogP contribution in [0.3, 0.4) is 0 Å². The third-order valence-electron chi connectivity index (χ3n) is 4.31. The normalized spacial score (nSPS) is 16.7. The summed E-state index contributed by atoms with van der Waals surface area (Å²) < 4.78 is 0. The standard InChI is InChI=1S/C17H21N7/c1-12-13(9-18)5-6-15(23-12)20-10-14-4-3-7-24(14)17-8-16(19-2)21-11-22-17/h5-6,8,11,14H,3-4,7,10H2,1-2H3,(H,20,23)(H,19,21,22). The molecule has 0 spiro atoms. The zero-order valence-corrected chi connectivity index (χ0v) is 14.0. The summed E-state index contributed by atoms with van der Waals surface area (Å²) in [4.78, 5) is 15.3. The number of anilines is 3. The van der Waals surface area contributed by atoms with Gasteiger partial charge in [0.2, 0.25) is 0 Å². The number of nitrogens with zero attached hydrogens (tertiary/aromatic N) is 5. The number of rotatable bonds is 5. The molecular weight excluding hydrogens is 302 g/mol. The van der Waals surface area contributed by atoms with Gasteiger partial charge in [0, 0.05) is 32.2 Å². The van der Waals surface area contributed by atoms with E-state index in [9.17, 15) is 0 Å². The molecule has 124 valence electrons. The smallest absolute Gasteiger partial charge is 0.134 e. The second kappa shape index (κ2) is 7.13. The highest BCUT2D eigenvalue weighted by Gasteiger charge is 2.25. The van der Waals surface area contributed by atoms with Crippen LogP contribution >= 0.6 is 0 Å². The van der Waals surface area contributed by atoms with Crippen molar-refractivity contribution in [3.8, 4) is 6.07 Å². The fourth-order valence-electron chi connectivity index (χ4n) is 2.99. The molecule has 3 rings (SSSR count). The van der Waals surface area contributed by atoms with E-state index in [2.05, 4.69) is 36.6 Å². The summed E-state index contributed by atoms with van der Waals surface area (Å²) >= 11 is 0. The third-order valence-corrected chi connectivity index (χ3v) is 4.31. The molecule has 0 amide bonds. The van der Waals surface area contributed by atoms with Crippen LogP contribution < -0.4 is 15.5 Å². The van der Waals surface area contributed by atoms with Gasteiger partial charge in [0.15, 0.2) is 0 Å². The molecule has 2 N–H and O–H groups in total. The minimum atomic E-state index is 0.363. The second-order valence-corrected chi connectivity index (χ2v) is 5.82. The first kappa shape index (κ1) is 16.0. The SMILES string of the molecule is CNc1cc(N2CCCC2CNc2ccc(C#N)c(C)n2)ncn1. The Hall–Kier alpha value is -2.88. The predicted octanol–water partition coefficient (Wildman–Crippen LogP) is 2.17. The number of pyridine rings is 1. The van der Waals surface area contributed by atoms with Crippen molar-refractivity contribution in [3.05, 3.63) is 35.8 Å². The summed E-state index contributed by atoms with van der Waals surface area (Å²) in [5, 5.41) is 15.4. The van der Waals surface area contributed by atoms with E-state index < -0.39 is 0 Å². The van der Waals surface area contributed by atoms with Crippen molar-refractivity contribution in [1.29, 1.82) is 5.26 Å². The number of hydrogen-bond acceptors (Lipinski definition) is 7. The minimum Gasteiger partial charge on any atom is -0.373 e. The highest BCUT2D eigenvalue weighted by atomic mass is 15.3. The molecule has 0 saturated carbocycles. The summed E-state index contributed by atoms with van der Waals surface area (Å²) in [5.41, 5.74) is 1.36. The lowest BCUT2D eigenvalue weighted by atomic mass is 10.2. The van der Waals surface area contributed by atoms with Gasteiger partial charge in [0.05, 0.1) is 11.3 Å². The minimum absolute atomic E-state index is 0.363. The van der Waals surface area contributed by atoms with E-state index >= 15 is 0 Å². The maximum atomic E-state index is 8.98. The quantitative estimate of drug-likeness (QED) is 0.871. The van der Waals surface area contributed by atoms with E-state index in [0.717, 1.165) is 49.1 Å². The molecule has 2 aromatic heterocycles. The highest BCUT2D eigenvalue weighted by molar-refractivity contribution is 5.50. The van der Waals surface area contributed by atoms with Crippen molar-refractivity contribution in [1.82, 2.24) is 15.0 Å². The van der Waals surface area contributed by atoms with Crippen molar-refractivity contribution in [3.63, 3.8) is 0 Å². The summed E-state index contributed by atoms with van der Waals surface area (Å²) in [7, 11) is 1.86. The Balaban J connectivity index is 1.68. The maximum absolute atomic E-state index is 8.98. The van der Waals surface area contributed by atoms with Crippen LogP contribution in [0.1, 0.15) is 24.1 Å². The van der Waals surface area contributed by atoms with Crippen LogP contribution in [0, 0.1) is 18.3 Å². The molecule has 7 nitrogen and oxygen atoms in total. The molecule has 0 radical (unpaired) electrons. The zero-order valence-electron chi connectivity index (χ0n) is 14.0. The van der Waals surface area contributed by atoms with Crippen molar-refractivity contribution in [2.45, 2.75) is 25.8 Å². The van der Waals surface area contributed by atoms with Gasteiger partial charge in [-0.05, 0) is 31.9 Å². The number of aromatic nitrogens is 3. The Bertz CT molecular complexity index is 753. The molecule has 1 aliphatic heterocycles. The van der Waals surface area contributed by atoms with Crippen LogP contribution in [0.15, 0.2) is 24.5 Å². The molecule has 1 saturated heterocycles. The van der Waals surface area contributed by atoms with Crippen molar-refractivity contribution in [2.24, 2.45) is 0 Å². The van der Waals surface area contributed by atoms with Gasteiger partial charge in [-0.2, -0.15) is 5.26 Å². The molecule has 1 atom stereocenters. The summed E-state index contributed by atoms with van der Waals surface area (Å²) in [6.45, 7) is 3.63. The Kier molecular flexibility index (Phi) is 4.75. The van der Waals surface area contributed by atoms with E-state index in [1.54, 1.807) is 12.4 Å². The first-order chi connectivity index (χ1) is 11.7. The van der Waals surface area contributed by atoms with Crippen LogP contribution in [0.2, 0.25) is 0 Å². The van der Waals surface area contributed by atoms with Crippen LogP contribution in [0.5, 0.6) is 0 Å². The lowest BCUT2D eigenvalue weighted by molar-refractivity contribution is 0.688. The summed E-state index contributed by atoms with van der Waals surface area (Å²) in [6.07, 6.45) is 3.85. The average molecular weight is 323 g/mol. The second-order valence-electron chi connectivity index (χ2n) is 5.82. The van der Waals surface area contributed by atoms with Crippen molar-refractivity contribution >= 4 is 17.5 Å². The molecule has 2 aromatic rings. The fraction of sp³-hybridized carbons (Fsp3) is 0.412. The largest absolute Gasteiger partial charge is 0.373 e. The Morgan fingerprint density at radius 2 is 2.21 bits per heavy atom. The molecule has 0 bridgehead atoms. The van der Waals surface area contributed by atoms with E-state index in [1.807, 2.05) is 26.1 Å².